The van der Waals surface area contributed by atoms with Crippen LogP contribution in [-0.4, -0.2) is 9.97 Å². The van der Waals surface area contributed by atoms with Gasteiger partial charge in [0, 0.05) is 22.4 Å². The van der Waals surface area contributed by atoms with E-state index in [0.29, 0.717) is 11.6 Å². The van der Waals surface area contributed by atoms with E-state index >= 15 is 0 Å². The third-order valence-electron chi connectivity index (χ3n) is 2.60. The molecule has 3 aromatic rings. The van der Waals surface area contributed by atoms with Gasteiger partial charge >= 0.3 is 0 Å². The van der Waals surface area contributed by atoms with Crippen molar-refractivity contribution in [1.82, 2.24) is 9.97 Å². The number of nitrogens with one attached hydrogen (secondary N) is 1. The Labute approximate surface area is 110 Å². The minimum atomic E-state index is 0. The Kier molecular flexibility index (Phi) is 3.70. The van der Waals surface area contributed by atoms with Crippen LogP contribution in [0.25, 0.3) is 21.7 Å². The van der Waals surface area contributed by atoms with Crippen molar-refractivity contribution >= 4 is 58.1 Å². The van der Waals surface area contributed by atoms with Gasteiger partial charge in [-0.2, -0.15) is 0 Å². The molecule has 0 aliphatic carbocycles. The van der Waals surface area contributed by atoms with Gasteiger partial charge in [0.05, 0.1) is 5.52 Å². The molecule has 0 aliphatic rings. The molecule has 0 aliphatic heterocycles. The average molecular weight is 271 g/mol. The summed E-state index contributed by atoms with van der Waals surface area (Å²) in [4.78, 5) is 7.29. The number of anilines is 2. The maximum Gasteiger partial charge on any atom is 0.133 e. The maximum absolute atomic E-state index is 5.87. The van der Waals surface area contributed by atoms with Gasteiger partial charge in [0.1, 0.15) is 11.6 Å². The van der Waals surface area contributed by atoms with E-state index in [1.807, 2.05) is 24.3 Å². The number of nitrogens with zero attached hydrogens (tertiary/aromatic N) is 1. The second-order valence-electron chi connectivity index (χ2n) is 3.51. The average Bonchev–Trinajstić information content (AvgIpc) is 2.62. The molecular formula is C11H12Cl2N4. The van der Waals surface area contributed by atoms with Crippen LogP contribution in [0.2, 0.25) is 0 Å². The summed E-state index contributed by atoms with van der Waals surface area (Å²) in [5, 5.41) is 2.87. The maximum atomic E-state index is 5.87. The normalized spacial score (nSPS) is 9.88. The highest BCUT2D eigenvalue weighted by atomic mass is 35.5. The van der Waals surface area contributed by atoms with E-state index in [0.717, 1.165) is 21.7 Å². The fourth-order valence-corrected chi connectivity index (χ4v) is 1.90. The first kappa shape index (κ1) is 13.4. The van der Waals surface area contributed by atoms with Gasteiger partial charge in [-0.25, -0.2) is 4.98 Å². The number of aromatic amines is 1. The number of benzene rings is 1. The van der Waals surface area contributed by atoms with Crippen LogP contribution in [0.4, 0.5) is 11.6 Å². The Balaban J connectivity index is 0.000000722. The second-order valence-corrected chi connectivity index (χ2v) is 3.51. The Morgan fingerprint density at radius 2 is 1.71 bits per heavy atom. The molecule has 6 heteroatoms. The molecule has 0 radical (unpaired) electrons. The Hall–Kier alpha value is -1.65. The van der Waals surface area contributed by atoms with Crippen molar-refractivity contribution in [2.45, 2.75) is 0 Å². The molecule has 17 heavy (non-hydrogen) atoms. The van der Waals surface area contributed by atoms with E-state index in [1.54, 1.807) is 6.20 Å². The summed E-state index contributed by atoms with van der Waals surface area (Å²) in [5.41, 5.74) is 12.6. The van der Waals surface area contributed by atoms with Gasteiger partial charge in [0.2, 0.25) is 0 Å². The van der Waals surface area contributed by atoms with Crippen molar-refractivity contribution in [2.75, 3.05) is 11.5 Å². The number of pyridine rings is 1. The lowest BCUT2D eigenvalue weighted by Gasteiger charge is -2.02. The van der Waals surface area contributed by atoms with E-state index in [2.05, 4.69) is 9.97 Å². The van der Waals surface area contributed by atoms with E-state index < -0.39 is 0 Å². The monoisotopic (exact) mass is 270 g/mol. The van der Waals surface area contributed by atoms with Gasteiger partial charge in [-0.05, 0) is 6.07 Å². The summed E-state index contributed by atoms with van der Waals surface area (Å²) in [6, 6.07) is 7.82. The largest absolute Gasteiger partial charge is 0.385 e. The zero-order valence-corrected chi connectivity index (χ0v) is 10.4. The van der Waals surface area contributed by atoms with E-state index in [-0.39, 0.29) is 24.8 Å². The van der Waals surface area contributed by atoms with Crippen LogP contribution in [0.15, 0.2) is 30.5 Å². The Bertz CT molecular complexity index is 663. The highest BCUT2D eigenvalue weighted by molar-refractivity contribution is 6.14. The quantitative estimate of drug-likeness (QED) is 0.588. The van der Waals surface area contributed by atoms with Crippen molar-refractivity contribution in [3.63, 3.8) is 0 Å². The number of H-pyrrole nitrogens is 1. The van der Waals surface area contributed by atoms with Crippen LogP contribution in [0.5, 0.6) is 0 Å². The summed E-state index contributed by atoms with van der Waals surface area (Å²) < 4.78 is 0. The highest BCUT2D eigenvalue weighted by Crippen LogP contribution is 2.31. The van der Waals surface area contributed by atoms with Crippen LogP contribution < -0.4 is 11.5 Å². The van der Waals surface area contributed by atoms with Gasteiger partial charge < -0.3 is 16.5 Å². The lowest BCUT2D eigenvalue weighted by Crippen LogP contribution is -1.92. The molecular weight excluding hydrogens is 259 g/mol. The summed E-state index contributed by atoms with van der Waals surface area (Å²) >= 11 is 0. The van der Waals surface area contributed by atoms with Crippen molar-refractivity contribution in [1.29, 1.82) is 0 Å². The lowest BCUT2D eigenvalue weighted by atomic mass is 10.1. The molecule has 90 valence electrons. The predicted molar refractivity (Wildman–Crippen MR) is 76.9 cm³/mol. The van der Waals surface area contributed by atoms with Crippen molar-refractivity contribution in [3.05, 3.63) is 30.5 Å². The number of para-hydroxylation sites is 1. The third kappa shape index (κ3) is 1.85. The standard InChI is InChI=1S/C11H10N4.2ClH/c12-10-7-5-14-11(13)9(7)6-3-1-2-4-8(6)15-10;;/h1-5,14H,13H2,(H2,12,15);2*1H. The molecule has 4 nitrogen and oxygen atoms in total. The van der Waals surface area contributed by atoms with E-state index in [9.17, 15) is 0 Å². The number of rotatable bonds is 0. The lowest BCUT2D eigenvalue weighted by molar-refractivity contribution is 1.42. The number of aromatic nitrogens is 2. The topological polar surface area (TPSA) is 80.7 Å². The zero-order valence-electron chi connectivity index (χ0n) is 8.81. The van der Waals surface area contributed by atoms with Crippen LogP contribution in [0, 0.1) is 0 Å². The minimum absolute atomic E-state index is 0. The van der Waals surface area contributed by atoms with Gasteiger partial charge in [-0.15, -0.1) is 24.8 Å². The van der Waals surface area contributed by atoms with Crippen molar-refractivity contribution in [3.8, 4) is 0 Å². The SMILES string of the molecule is Cl.Cl.Nc1nc2ccccc2c2c(N)[nH]cc12. The van der Waals surface area contributed by atoms with Crippen LogP contribution in [0.1, 0.15) is 0 Å². The molecule has 0 unspecified atom stereocenters. The zero-order chi connectivity index (χ0) is 10.4. The highest BCUT2D eigenvalue weighted by Gasteiger charge is 2.09. The fourth-order valence-electron chi connectivity index (χ4n) is 1.90. The molecule has 2 aromatic heterocycles. The van der Waals surface area contributed by atoms with Gasteiger partial charge in [-0.1, -0.05) is 18.2 Å². The molecule has 3 rings (SSSR count). The molecule has 0 saturated carbocycles. The van der Waals surface area contributed by atoms with Crippen molar-refractivity contribution < 1.29 is 0 Å². The molecule has 0 spiro atoms. The van der Waals surface area contributed by atoms with E-state index in [4.69, 9.17) is 11.5 Å². The molecule has 0 bridgehead atoms. The van der Waals surface area contributed by atoms with Crippen LogP contribution in [0.3, 0.4) is 0 Å². The molecule has 5 N–H and O–H groups in total. The number of nitrogens with two attached hydrogens (primary N) is 2. The molecule has 0 saturated heterocycles. The predicted octanol–water partition coefficient (Wildman–Crippen LogP) is 2.72. The smallest absolute Gasteiger partial charge is 0.133 e. The Morgan fingerprint density at radius 3 is 2.47 bits per heavy atom. The summed E-state index contributed by atoms with van der Waals surface area (Å²) in [6.07, 6.45) is 1.79. The molecule has 2 heterocycles. The van der Waals surface area contributed by atoms with E-state index in [1.165, 1.54) is 0 Å². The minimum Gasteiger partial charge on any atom is -0.385 e. The number of hydrogen-bond donors (Lipinski definition) is 3. The van der Waals surface area contributed by atoms with Gasteiger partial charge in [-0.3, -0.25) is 0 Å². The fraction of sp³-hybridized carbons (Fsp3) is 0. The first-order valence-electron chi connectivity index (χ1n) is 4.68. The summed E-state index contributed by atoms with van der Waals surface area (Å²) in [7, 11) is 0. The number of nitrogen functional groups attached to an aromatic ring is 2. The first-order chi connectivity index (χ1) is 7.27. The number of hydrogen-bond acceptors (Lipinski definition) is 3. The van der Waals surface area contributed by atoms with Gasteiger partial charge in [0.15, 0.2) is 0 Å². The molecule has 0 amide bonds. The third-order valence-corrected chi connectivity index (χ3v) is 2.60. The molecule has 1 aromatic carbocycles. The van der Waals surface area contributed by atoms with Crippen LogP contribution in [-0.2, 0) is 0 Å². The molecule has 0 atom stereocenters. The Morgan fingerprint density at radius 1 is 1.00 bits per heavy atom. The summed E-state index contributed by atoms with van der Waals surface area (Å²) in [6.45, 7) is 0. The first-order valence-corrected chi connectivity index (χ1v) is 4.68. The van der Waals surface area contributed by atoms with Gasteiger partial charge in [0.25, 0.3) is 0 Å². The number of fused-ring (bicyclic) bond motifs is 3. The summed E-state index contributed by atoms with van der Waals surface area (Å²) in [5.74, 6) is 1.15. The molecule has 0 fully saturated rings. The second kappa shape index (κ2) is 4.69. The van der Waals surface area contributed by atoms with Crippen molar-refractivity contribution in [2.24, 2.45) is 0 Å². The number of halogens is 2. The van der Waals surface area contributed by atoms with Crippen LogP contribution >= 0.6 is 24.8 Å².